The van der Waals surface area contributed by atoms with Gasteiger partial charge in [0, 0.05) is 53.6 Å². The molecule has 3 heterocycles. The van der Waals surface area contributed by atoms with Gasteiger partial charge in [0.25, 0.3) is 5.91 Å². The monoisotopic (exact) mass is 456 g/mol. The molecule has 0 aliphatic rings. The summed E-state index contributed by atoms with van der Waals surface area (Å²) in [6.07, 6.45) is 5.00. The van der Waals surface area contributed by atoms with E-state index < -0.39 is 0 Å². The number of hydrogen-bond acceptors (Lipinski definition) is 7. The van der Waals surface area contributed by atoms with Crippen LogP contribution in [0.1, 0.15) is 41.4 Å². The van der Waals surface area contributed by atoms with Crippen LogP contribution in [0.5, 0.6) is 0 Å². The number of benzene rings is 1. The van der Waals surface area contributed by atoms with Gasteiger partial charge in [-0.25, -0.2) is 9.97 Å². The van der Waals surface area contributed by atoms with Crippen molar-refractivity contribution in [3.05, 3.63) is 78.0 Å². The molecule has 3 aromatic heterocycles. The highest BCUT2D eigenvalue weighted by Gasteiger charge is 2.17. The lowest BCUT2D eigenvalue weighted by Gasteiger charge is -2.17. The smallest absolute Gasteiger partial charge is 0.252 e. The largest absolute Gasteiger partial charge is 0.394 e. The van der Waals surface area contributed by atoms with Crippen molar-refractivity contribution in [1.82, 2.24) is 25.3 Å². The average Bonchev–Trinajstić information content (AvgIpc) is 2.87. The van der Waals surface area contributed by atoms with Gasteiger partial charge in [0.2, 0.25) is 0 Å². The molecule has 1 aromatic carbocycles. The van der Waals surface area contributed by atoms with Crippen LogP contribution in [-0.2, 0) is 0 Å². The fourth-order valence-electron chi connectivity index (χ4n) is 3.74. The van der Waals surface area contributed by atoms with E-state index in [1.807, 2.05) is 43.3 Å². The van der Waals surface area contributed by atoms with Crippen LogP contribution in [0.15, 0.2) is 61.2 Å². The van der Waals surface area contributed by atoms with E-state index >= 15 is 0 Å². The van der Waals surface area contributed by atoms with Gasteiger partial charge in [0.1, 0.15) is 12.1 Å². The molecule has 4 aromatic rings. The van der Waals surface area contributed by atoms with E-state index in [9.17, 15) is 9.90 Å². The molecule has 174 valence electrons. The summed E-state index contributed by atoms with van der Waals surface area (Å²) in [7, 11) is 0. The third-order valence-corrected chi connectivity index (χ3v) is 5.69. The second-order valence-corrected chi connectivity index (χ2v) is 8.42. The van der Waals surface area contributed by atoms with Gasteiger partial charge in [-0.2, -0.15) is 0 Å². The predicted molar refractivity (Wildman–Crippen MR) is 133 cm³/mol. The Balaban J connectivity index is 1.53. The normalized spacial score (nSPS) is 12.8. The summed E-state index contributed by atoms with van der Waals surface area (Å²) < 4.78 is 0. The van der Waals surface area contributed by atoms with Crippen LogP contribution < -0.4 is 10.6 Å². The van der Waals surface area contributed by atoms with Crippen molar-refractivity contribution >= 4 is 22.6 Å². The quantitative estimate of drug-likeness (QED) is 0.370. The first kappa shape index (κ1) is 23.3. The number of aliphatic hydroxyl groups excluding tert-OH is 1. The number of nitrogens with zero attached hydrogens (tertiary/aromatic N) is 4. The number of hydrogen-bond donors (Lipinski definition) is 3. The van der Waals surface area contributed by atoms with Crippen LogP contribution in [0.4, 0.5) is 5.82 Å². The maximum atomic E-state index is 12.7. The molecule has 8 heteroatoms. The van der Waals surface area contributed by atoms with Crippen LogP contribution in [0.2, 0.25) is 0 Å². The number of aromatic nitrogens is 4. The van der Waals surface area contributed by atoms with E-state index in [0.717, 1.165) is 39.2 Å². The Bertz CT molecular complexity index is 1290. The van der Waals surface area contributed by atoms with Crippen LogP contribution in [0.25, 0.3) is 22.2 Å². The Morgan fingerprint density at radius 1 is 1.06 bits per heavy atom. The Morgan fingerprint density at radius 2 is 1.91 bits per heavy atom. The van der Waals surface area contributed by atoms with Crippen LogP contribution in [0.3, 0.4) is 0 Å². The second-order valence-electron chi connectivity index (χ2n) is 8.42. The van der Waals surface area contributed by atoms with E-state index in [1.54, 1.807) is 31.7 Å². The number of aryl methyl sites for hydroxylation is 1. The van der Waals surface area contributed by atoms with Crippen LogP contribution >= 0.6 is 0 Å². The predicted octanol–water partition coefficient (Wildman–Crippen LogP) is 3.72. The van der Waals surface area contributed by atoms with E-state index in [1.165, 1.54) is 0 Å². The van der Waals surface area contributed by atoms with Crippen molar-refractivity contribution in [2.45, 2.75) is 32.7 Å². The van der Waals surface area contributed by atoms with Gasteiger partial charge < -0.3 is 15.7 Å². The van der Waals surface area contributed by atoms with Crippen molar-refractivity contribution < 1.29 is 9.90 Å². The number of amides is 1. The Kier molecular flexibility index (Phi) is 7.08. The Hall–Kier alpha value is -3.91. The number of anilines is 1. The highest BCUT2D eigenvalue weighted by Crippen LogP contribution is 2.27. The maximum Gasteiger partial charge on any atom is 0.252 e. The summed E-state index contributed by atoms with van der Waals surface area (Å²) >= 11 is 0. The zero-order chi connectivity index (χ0) is 24.1. The Morgan fingerprint density at radius 3 is 2.68 bits per heavy atom. The highest BCUT2D eigenvalue weighted by molar-refractivity contribution is 6.06. The van der Waals surface area contributed by atoms with E-state index in [4.69, 9.17) is 0 Å². The van der Waals surface area contributed by atoms with Crippen LogP contribution in [0, 0.1) is 6.92 Å². The van der Waals surface area contributed by atoms with Gasteiger partial charge in [-0.05, 0) is 37.6 Å². The minimum absolute atomic E-state index is 0.102. The van der Waals surface area contributed by atoms with Crippen molar-refractivity contribution in [2.75, 3.05) is 18.5 Å². The number of carbonyl (C=O) groups is 1. The zero-order valence-electron chi connectivity index (χ0n) is 19.5. The van der Waals surface area contributed by atoms with E-state index in [2.05, 4.69) is 37.5 Å². The summed E-state index contributed by atoms with van der Waals surface area (Å²) in [4.78, 5) is 30.3. The lowest BCUT2D eigenvalue weighted by atomic mass is 9.96. The van der Waals surface area contributed by atoms with Crippen molar-refractivity contribution in [3.8, 4) is 11.3 Å². The third kappa shape index (κ3) is 5.18. The molecule has 1 unspecified atom stereocenters. The summed E-state index contributed by atoms with van der Waals surface area (Å²) in [5.74, 6) is 0.602. The number of carbonyl (C=O) groups excluding carboxylic acids is 1. The fourth-order valence-corrected chi connectivity index (χ4v) is 3.74. The molecule has 1 amide bonds. The number of nitrogens with one attached hydrogen (secondary N) is 2. The van der Waals surface area contributed by atoms with Gasteiger partial charge in [0.05, 0.1) is 23.4 Å². The summed E-state index contributed by atoms with van der Waals surface area (Å²) in [5.41, 5.74) is 5.06. The summed E-state index contributed by atoms with van der Waals surface area (Å²) in [6, 6.07) is 13.1. The number of rotatable bonds is 8. The molecule has 2 atom stereocenters. The van der Waals surface area contributed by atoms with Gasteiger partial charge in [0.15, 0.2) is 0 Å². The number of pyridine rings is 2. The summed E-state index contributed by atoms with van der Waals surface area (Å²) in [5, 5.41) is 16.2. The topological polar surface area (TPSA) is 113 Å². The second kappa shape index (κ2) is 10.4. The zero-order valence-corrected chi connectivity index (χ0v) is 19.5. The maximum absolute atomic E-state index is 12.7. The first-order valence-corrected chi connectivity index (χ1v) is 11.2. The molecule has 0 radical (unpaired) electrons. The number of para-hydroxylation sites is 1. The molecule has 0 bridgehead atoms. The molecule has 0 aliphatic heterocycles. The van der Waals surface area contributed by atoms with Crippen molar-refractivity contribution in [1.29, 1.82) is 0 Å². The minimum Gasteiger partial charge on any atom is -0.394 e. The van der Waals surface area contributed by atoms with Gasteiger partial charge in [-0.1, -0.05) is 25.1 Å². The SMILES string of the molecule is Cc1ccc(-c2cc(NC[C@@H](C)c3cccc4c(C(=O)NC(C)CO)ccnc34)ncn2)cn1. The van der Waals surface area contributed by atoms with Gasteiger partial charge >= 0.3 is 0 Å². The molecule has 0 saturated heterocycles. The third-order valence-electron chi connectivity index (χ3n) is 5.69. The summed E-state index contributed by atoms with van der Waals surface area (Å²) in [6.45, 7) is 6.32. The minimum atomic E-state index is -0.324. The van der Waals surface area contributed by atoms with E-state index in [-0.39, 0.29) is 24.5 Å². The standard InChI is InChI=1S/C26H28N6O2/c1-16(12-29-24-11-23(30-15-31-24)19-8-7-17(2)28-13-19)20-5-4-6-21-22(9-10-27-25(20)21)26(34)32-18(3)14-33/h4-11,13,15-16,18,33H,12,14H2,1-3H3,(H,32,34)(H,29,30,31)/t16-,18?/m1/s1. The van der Waals surface area contributed by atoms with Crippen molar-refractivity contribution in [2.24, 2.45) is 0 Å². The molecular weight excluding hydrogens is 428 g/mol. The van der Waals surface area contributed by atoms with Gasteiger partial charge in [-0.15, -0.1) is 0 Å². The molecule has 8 nitrogen and oxygen atoms in total. The molecule has 3 N–H and O–H groups in total. The van der Waals surface area contributed by atoms with Gasteiger partial charge in [-0.3, -0.25) is 14.8 Å². The average molecular weight is 457 g/mol. The molecule has 0 spiro atoms. The lowest BCUT2D eigenvalue weighted by molar-refractivity contribution is 0.0924. The first-order chi connectivity index (χ1) is 16.5. The Labute approximate surface area is 198 Å². The molecule has 0 aliphatic carbocycles. The highest BCUT2D eigenvalue weighted by atomic mass is 16.3. The molecule has 34 heavy (non-hydrogen) atoms. The molecular formula is C26H28N6O2. The first-order valence-electron chi connectivity index (χ1n) is 11.2. The van der Waals surface area contributed by atoms with Crippen molar-refractivity contribution in [3.63, 3.8) is 0 Å². The lowest BCUT2D eigenvalue weighted by Crippen LogP contribution is -2.35. The van der Waals surface area contributed by atoms with Crippen LogP contribution in [-0.4, -0.2) is 50.1 Å². The molecule has 0 fully saturated rings. The number of fused-ring (bicyclic) bond motifs is 1. The molecule has 0 saturated carbocycles. The molecule has 4 rings (SSSR count). The number of aliphatic hydroxyl groups is 1. The fraction of sp³-hybridized carbons (Fsp3) is 0.269. The van der Waals surface area contributed by atoms with E-state index in [0.29, 0.717) is 12.1 Å².